The normalized spacial score (nSPS) is 22.6. The van der Waals surface area contributed by atoms with E-state index in [9.17, 15) is 4.79 Å². The third kappa shape index (κ3) is 4.59. The fourth-order valence-electron chi connectivity index (χ4n) is 4.50. The molecule has 4 heteroatoms. The van der Waals surface area contributed by atoms with Crippen molar-refractivity contribution < 1.29 is 9.53 Å². The fraction of sp³-hybridized carbons (Fsp3) is 0.682. The number of piperidine rings is 2. The van der Waals surface area contributed by atoms with Gasteiger partial charge in [0, 0.05) is 19.1 Å². The van der Waals surface area contributed by atoms with Crippen LogP contribution in [-0.4, -0.2) is 54.5 Å². The maximum Gasteiger partial charge on any atom is 0.239 e. The predicted octanol–water partition coefficient (Wildman–Crippen LogP) is 3.74. The summed E-state index contributed by atoms with van der Waals surface area (Å²) in [4.78, 5) is 17.6. The van der Waals surface area contributed by atoms with Crippen LogP contribution in [0.25, 0.3) is 0 Å². The minimum absolute atomic E-state index is 0.113. The van der Waals surface area contributed by atoms with Gasteiger partial charge in [0.15, 0.2) is 0 Å². The Morgan fingerprint density at radius 1 is 1.08 bits per heavy atom. The molecule has 1 unspecified atom stereocenters. The molecule has 4 nitrogen and oxygen atoms in total. The number of nitrogens with zero attached hydrogens (tertiary/aromatic N) is 2. The van der Waals surface area contributed by atoms with Crippen molar-refractivity contribution in [1.29, 1.82) is 0 Å². The molecule has 0 aliphatic carbocycles. The Bertz CT molecular complexity index is 576. The topological polar surface area (TPSA) is 32.8 Å². The second-order valence-electron chi connectivity index (χ2n) is 8.16. The van der Waals surface area contributed by atoms with Gasteiger partial charge < -0.3 is 9.64 Å². The molecular weight excluding hydrogens is 324 g/mol. The molecule has 0 N–H and O–H groups in total. The van der Waals surface area contributed by atoms with Crippen LogP contribution >= 0.6 is 0 Å². The Morgan fingerprint density at radius 3 is 2.38 bits per heavy atom. The summed E-state index contributed by atoms with van der Waals surface area (Å²) in [7, 11) is 1.70. The van der Waals surface area contributed by atoms with Gasteiger partial charge in [-0.1, -0.05) is 18.6 Å². The molecule has 2 aliphatic heterocycles. The average Bonchev–Trinajstić information content (AvgIpc) is 2.68. The van der Waals surface area contributed by atoms with E-state index in [-0.39, 0.29) is 6.04 Å². The molecular formula is C22H34N2O2. The van der Waals surface area contributed by atoms with Crippen molar-refractivity contribution in [2.75, 3.05) is 26.7 Å². The van der Waals surface area contributed by atoms with Gasteiger partial charge in [-0.15, -0.1) is 0 Å². The Hall–Kier alpha value is -1.55. The van der Waals surface area contributed by atoms with E-state index in [2.05, 4.69) is 35.8 Å². The van der Waals surface area contributed by atoms with Gasteiger partial charge in [-0.25, -0.2) is 0 Å². The van der Waals surface area contributed by atoms with Crippen molar-refractivity contribution >= 4 is 5.91 Å². The molecule has 3 rings (SSSR count). The van der Waals surface area contributed by atoms with Gasteiger partial charge in [-0.05, 0) is 76.1 Å². The first-order valence-corrected chi connectivity index (χ1v) is 10.3. The average molecular weight is 359 g/mol. The summed E-state index contributed by atoms with van der Waals surface area (Å²) < 4.78 is 5.23. The number of hydrogen-bond donors (Lipinski definition) is 0. The van der Waals surface area contributed by atoms with Crippen molar-refractivity contribution in [1.82, 2.24) is 9.80 Å². The molecule has 2 aliphatic rings. The maximum atomic E-state index is 13.1. The largest absolute Gasteiger partial charge is 0.497 e. The lowest BCUT2D eigenvalue weighted by atomic mass is 9.89. The first-order chi connectivity index (χ1) is 12.6. The Balaban J connectivity index is 1.51. The maximum absolute atomic E-state index is 13.1. The SMILES string of the molecule is COc1ccc(CC2CCN(C(=O)C3CCCCN3C(C)C)CC2)cc1. The highest BCUT2D eigenvalue weighted by molar-refractivity contribution is 5.82. The molecule has 0 radical (unpaired) electrons. The molecule has 1 aromatic rings. The minimum Gasteiger partial charge on any atom is -0.497 e. The molecule has 0 bridgehead atoms. The van der Waals surface area contributed by atoms with Crippen LogP contribution in [0, 0.1) is 5.92 Å². The lowest BCUT2D eigenvalue weighted by Crippen LogP contribution is -2.54. The van der Waals surface area contributed by atoms with Crippen LogP contribution in [0.3, 0.4) is 0 Å². The zero-order chi connectivity index (χ0) is 18.5. The lowest BCUT2D eigenvalue weighted by molar-refractivity contribution is -0.140. The highest BCUT2D eigenvalue weighted by Gasteiger charge is 2.34. The van der Waals surface area contributed by atoms with E-state index in [4.69, 9.17) is 4.74 Å². The highest BCUT2D eigenvalue weighted by Crippen LogP contribution is 2.26. The molecule has 2 saturated heterocycles. The van der Waals surface area contributed by atoms with Crippen molar-refractivity contribution in [3.63, 3.8) is 0 Å². The van der Waals surface area contributed by atoms with Gasteiger partial charge in [0.1, 0.15) is 5.75 Å². The van der Waals surface area contributed by atoms with E-state index < -0.39 is 0 Å². The molecule has 0 saturated carbocycles. The monoisotopic (exact) mass is 358 g/mol. The summed E-state index contributed by atoms with van der Waals surface area (Å²) in [6.07, 6.45) is 6.79. The summed E-state index contributed by atoms with van der Waals surface area (Å²) >= 11 is 0. The number of ether oxygens (including phenoxy) is 1. The number of benzene rings is 1. The number of methoxy groups -OCH3 is 1. The van der Waals surface area contributed by atoms with Crippen LogP contribution in [-0.2, 0) is 11.2 Å². The van der Waals surface area contributed by atoms with Crippen LogP contribution in [0.5, 0.6) is 5.75 Å². The third-order valence-corrected chi connectivity index (χ3v) is 6.10. The molecule has 1 amide bonds. The van der Waals surface area contributed by atoms with Gasteiger partial charge in [-0.3, -0.25) is 9.69 Å². The van der Waals surface area contributed by atoms with Crippen molar-refractivity contribution in [3.05, 3.63) is 29.8 Å². The minimum atomic E-state index is 0.113. The van der Waals surface area contributed by atoms with Gasteiger partial charge in [-0.2, -0.15) is 0 Å². The second-order valence-corrected chi connectivity index (χ2v) is 8.16. The first kappa shape index (κ1) is 19.2. The predicted molar refractivity (Wildman–Crippen MR) is 105 cm³/mol. The number of carbonyl (C=O) groups is 1. The van der Waals surface area contributed by atoms with E-state index in [1.54, 1.807) is 7.11 Å². The standard InChI is InChI=1S/C22H34N2O2/c1-17(2)24-13-5-4-6-21(24)22(25)23-14-11-19(12-15-23)16-18-7-9-20(26-3)10-8-18/h7-10,17,19,21H,4-6,11-16H2,1-3H3. The molecule has 1 aromatic carbocycles. The van der Waals surface area contributed by atoms with Crippen LogP contribution < -0.4 is 4.74 Å². The van der Waals surface area contributed by atoms with Gasteiger partial charge in [0.2, 0.25) is 5.91 Å². The number of rotatable bonds is 5. The molecule has 1 atom stereocenters. The lowest BCUT2D eigenvalue weighted by Gasteiger charge is -2.41. The van der Waals surface area contributed by atoms with E-state index in [1.807, 2.05) is 12.1 Å². The Morgan fingerprint density at radius 2 is 1.77 bits per heavy atom. The smallest absolute Gasteiger partial charge is 0.239 e. The number of hydrogen-bond acceptors (Lipinski definition) is 3. The van der Waals surface area contributed by atoms with Gasteiger partial charge in [0.05, 0.1) is 13.2 Å². The zero-order valence-electron chi connectivity index (χ0n) is 16.6. The molecule has 2 heterocycles. The van der Waals surface area contributed by atoms with Gasteiger partial charge in [0.25, 0.3) is 0 Å². The molecule has 0 spiro atoms. The zero-order valence-corrected chi connectivity index (χ0v) is 16.6. The molecule has 2 fully saturated rings. The van der Waals surface area contributed by atoms with E-state index in [0.29, 0.717) is 17.9 Å². The molecule has 0 aromatic heterocycles. The summed E-state index contributed by atoms with van der Waals surface area (Å²) in [5, 5.41) is 0. The summed E-state index contributed by atoms with van der Waals surface area (Å²) in [5.41, 5.74) is 1.37. The van der Waals surface area contributed by atoms with E-state index >= 15 is 0 Å². The second kappa shape index (κ2) is 8.90. The summed E-state index contributed by atoms with van der Waals surface area (Å²) in [6.45, 7) is 7.34. The number of carbonyl (C=O) groups excluding carboxylic acids is 1. The van der Waals surface area contributed by atoms with Crippen LogP contribution in [0.4, 0.5) is 0 Å². The third-order valence-electron chi connectivity index (χ3n) is 6.10. The Labute approximate surface area is 158 Å². The summed E-state index contributed by atoms with van der Waals surface area (Å²) in [6, 6.07) is 8.98. The molecule has 144 valence electrons. The highest BCUT2D eigenvalue weighted by atomic mass is 16.5. The van der Waals surface area contributed by atoms with Crippen molar-refractivity contribution in [3.8, 4) is 5.75 Å². The van der Waals surface area contributed by atoms with Gasteiger partial charge >= 0.3 is 0 Å². The van der Waals surface area contributed by atoms with Crippen molar-refractivity contribution in [2.45, 2.75) is 64.5 Å². The fourth-order valence-corrected chi connectivity index (χ4v) is 4.50. The first-order valence-electron chi connectivity index (χ1n) is 10.3. The van der Waals surface area contributed by atoms with Crippen LogP contribution in [0.1, 0.15) is 51.5 Å². The van der Waals surface area contributed by atoms with Crippen LogP contribution in [0.15, 0.2) is 24.3 Å². The summed E-state index contributed by atoms with van der Waals surface area (Å²) in [5.74, 6) is 1.97. The van der Waals surface area contributed by atoms with E-state index in [1.165, 1.54) is 18.4 Å². The van der Waals surface area contributed by atoms with E-state index in [0.717, 1.165) is 51.1 Å². The van der Waals surface area contributed by atoms with Crippen LogP contribution in [0.2, 0.25) is 0 Å². The molecule has 26 heavy (non-hydrogen) atoms. The quantitative estimate of drug-likeness (QED) is 0.804. The Kier molecular flexibility index (Phi) is 6.58. The number of likely N-dealkylation sites (tertiary alicyclic amines) is 2. The van der Waals surface area contributed by atoms with Crippen molar-refractivity contribution in [2.24, 2.45) is 5.92 Å². The number of amides is 1.